The number of hydrogen-bond donors (Lipinski definition) is 0. The summed E-state index contributed by atoms with van der Waals surface area (Å²) < 4.78 is 18.2. The zero-order chi connectivity index (χ0) is 22.0. The van der Waals surface area contributed by atoms with Crippen molar-refractivity contribution in [3.05, 3.63) is 50.8 Å². The first kappa shape index (κ1) is 21.9. The third-order valence-corrected chi connectivity index (χ3v) is 6.59. The van der Waals surface area contributed by atoms with Crippen molar-refractivity contribution >= 4 is 17.6 Å². The molecule has 2 aliphatic rings. The number of carbonyl (C=O) groups is 1. The number of fused-ring (bicyclic) bond motifs is 4. The Balaban J connectivity index is 1.79. The number of benzene rings is 1. The predicted octanol–water partition coefficient (Wildman–Crippen LogP) is 4.59. The Bertz CT molecular complexity index is 1040. The Morgan fingerprint density at radius 1 is 1.19 bits per heavy atom. The van der Waals surface area contributed by atoms with E-state index in [2.05, 4.69) is 4.57 Å². The molecule has 166 valence electrons. The van der Waals surface area contributed by atoms with E-state index >= 15 is 0 Å². The van der Waals surface area contributed by atoms with Crippen LogP contribution in [0.4, 0.5) is 0 Å². The minimum absolute atomic E-state index is 0.0875. The van der Waals surface area contributed by atoms with Crippen molar-refractivity contribution in [2.45, 2.75) is 51.0 Å². The molecule has 7 heteroatoms. The fourth-order valence-electron chi connectivity index (χ4n) is 4.86. The van der Waals surface area contributed by atoms with Crippen molar-refractivity contribution < 1.29 is 19.0 Å². The SMILES string of the molecule is CCOC(=O)c1cn2c(cc1=O)-c1cc(Cl)c(OCCCOC)cc1CC21CCCC1. The molecule has 1 saturated carbocycles. The summed E-state index contributed by atoms with van der Waals surface area (Å²) in [6.45, 7) is 3.12. The van der Waals surface area contributed by atoms with Crippen molar-refractivity contribution in [2.75, 3.05) is 26.9 Å². The molecule has 1 aromatic heterocycles. The summed E-state index contributed by atoms with van der Waals surface area (Å²) in [4.78, 5) is 25.2. The summed E-state index contributed by atoms with van der Waals surface area (Å²) in [7, 11) is 1.67. The van der Waals surface area contributed by atoms with Gasteiger partial charge in [0, 0.05) is 43.5 Å². The van der Waals surface area contributed by atoms with E-state index in [-0.39, 0.29) is 23.1 Å². The Morgan fingerprint density at radius 3 is 2.68 bits per heavy atom. The number of rotatable bonds is 7. The number of pyridine rings is 1. The Kier molecular flexibility index (Phi) is 6.39. The molecule has 31 heavy (non-hydrogen) atoms. The van der Waals surface area contributed by atoms with Crippen molar-refractivity contribution in [1.29, 1.82) is 0 Å². The first-order chi connectivity index (χ1) is 15.0. The summed E-state index contributed by atoms with van der Waals surface area (Å²) in [6.07, 6.45) is 7.52. The largest absolute Gasteiger partial charge is 0.492 e. The topological polar surface area (TPSA) is 66.8 Å². The first-order valence-electron chi connectivity index (χ1n) is 10.9. The summed E-state index contributed by atoms with van der Waals surface area (Å²) >= 11 is 6.54. The van der Waals surface area contributed by atoms with Crippen molar-refractivity contribution in [2.24, 2.45) is 0 Å². The third-order valence-electron chi connectivity index (χ3n) is 6.30. The number of aromatic nitrogens is 1. The summed E-state index contributed by atoms with van der Waals surface area (Å²) in [5.41, 5.74) is 2.44. The minimum Gasteiger partial charge on any atom is -0.492 e. The number of methoxy groups -OCH3 is 1. The molecule has 1 aromatic carbocycles. The molecule has 1 aliphatic carbocycles. The van der Waals surface area contributed by atoms with Gasteiger partial charge in [-0.1, -0.05) is 24.4 Å². The van der Waals surface area contributed by atoms with Crippen LogP contribution in [0.1, 0.15) is 54.9 Å². The minimum atomic E-state index is -0.570. The standard InChI is InChI=1S/C24H28ClNO5/c1-3-30-23(28)18-15-26-20(13-21(18)27)17-12-19(25)22(31-10-6-9-29-2)11-16(17)14-24(26)7-4-5-8-24/h11-13,15H,3-10,14H2,1-2H3. The van der Waals surface area contributed by atoms with Gasteiger partial charge in [-0.3, -0.25) is 4.79 Å². The molecular weight excluding hydrogens is 418 g/mol. The van der Waals surface area contributed by atoms with Crippen molar-refractivity contribution in [3.63, 3.8) is 0 Å². The molecule has 2 aromatic rings. The van der Waals surface area contributed by atoms with Crippen LogP contribution in [0, 0.1) is 0 Å². The number of hydrogen-bond acceptors (Lipinski definition) is 5. The number of carbonyl (C=O) groups excluding carboxylic acids is 1. The second kappa shape index (κ2) is 9.05. The maximum Gasteiger partial charge on any atom is 0.343 e. The molecule has 1 fully saturated rings. The molecule has 1 spiro atoms. The van der Waals surface area contributed by atoms with Gasteiger partial charge < -0.3 is 18.8 Å². The number of esters is 1. The van der Waals surface area contributed by atoms with E-state index in [4.69, 9.17) is 25.8 Å². The normalized spacial score (nSPS) is 16.1. The van der Waals surface area contributed by atoms with E-state index in [1.165, 1.54) is 0 Å². The third kappa shape index (κ3) is 4.11. The Morgan fingerprint density at radius 2 is 1.97 bits per heavy atom. The molecule has 4 rings (SSSR count). The van der Waals surface area contributed by atoms with Gasteiger partial charge in [0.25, 0.3) is 0 Å². The van der Waals surface area contributed by atoms with Gasteiger partial charge in [0.1, 0.15) is 11.3 Å². The molecule has 0 atom stereocenters. The second-order valence-electron chi connectivity index (χ2n) is 8.27. The average molecular weight is 446 g/mol. The van der Waals surface area contributed by atoms with Crippen LogP contribution >= 0.6 is 11.6 Å². The van der Waals surface area contributed by atoms with E-state index < -0.39 is 5.97 Å². The van der Waals surface area contributed by atoms with Gasteiger partial charge in [-0.25, -0.2) is 4.79 Å². The lowest BCUT2D eigenvalue weighted by Gasteiger charge is -2.40. The van der Waals surface area contributed by atoms with Crippen LogP contribution in [0.25, 0.3) is 11.3 Å². The van der Waals surface area contributed by atoms with Gasteiger partial charge in [0.15, 0.2) is 5.43 Å². The highest BCUT2D eigenvalue weighted by Gasteiger charge is 2.41. The van der Waals surface area contributed by atoms with Crippen LogP contribution in [0.3, 0.4) is 0 Å². The fourth-order valence-corrected chi connectivity index (χ4v) is 5.08. The molecular formula is C24H28ClNO5. The van der Waals surface area contributed by atoms with Gasteiger partial charge in [0.2, 0.25) is 0 Å². The summed E-state index contributed by atoms with van der Waals surface area (Å²) in [5.74, 6) is 0.0863. The highest BCUT2D eigenvalue weighted by atomic mass is 35.5. The maximum atomic E-state index is 12.8. The molecule has 1 aliphatic heterocycles. The van der Waals surface area contributed by atoms with Crippen molar-refractivity contribution in [1.82, 2.24) is 4.57 Å². The van der Waals surface area contributed by atoms with Crippen LogP contribution in [0.2, 0.25) is 5.02 Å². The Hall–Kier alpha value is -2.31. The molecule has 0 saturated heterocycles. The van der Waals surface area contributed by atoms with Crippen LogP contribution in [-0.2, 0) is 21.4 Å². The average Bonchev–Trinajstić information content (AvgIpc) is 3.21. The van der Waals surface area contributed by atoms with E-state index in [0.29, 0.717) is 24.0 Å². The Labute approximate surface area is 187 Å². The zero-order valence-electron chi connectivity index (χ0n) is 18.0. The van der Waals surface area contributed by atoms with Gasteiger partial charge in [0.05, 0.1) is 23.9 Å². The summed E-state index contributed by atoms with van der Waals surface area (Å²) in [6, 6.07) is 5.44. The lowest BCUT2D eigenvalue weighted by molar-refractivity contribution is 0.0523. The van der Waals surface area contributed by atoms with Gasteiger partial charge in [-0.15, -0.1) is 0 Å². The monoisotopic (exact) mass is 445 g/mol. The van der Waals surface area contributed by atoms with Crippen LogP contribution in [0.5, 0.6) is 5.75 Å². The van der Waals surface area contributed by atoms with Crippen molar-refractivity contribution in [3.8, 4) is 17.0 Å². The number of ether oxygens (including phenoxy) is 3. The highest BCUT2D eigenvalue weighted by Crippen LogP contribution is 2.48. The van der Waals surface area contributed by atoms with Crippen LogP contribution in [0.15, 0.2) is 29.2 Å². The zero-order valence-corrected chi connectivity index (χ0v) is 18.8. The summed E-state index contributed by atoms with van der Waals surface area (Å²) in [5, 5.41) is 0.506. The van der Waals surface area contributed by atoms with Gasteiger partial charge in [-0.05, 0) is 43.9 Å². The number of nitrogens with zero attached hydrogens (tertiary/aromatic N) is 1. The van der Waals surface area contributed by atoms with Gasteiger partial charge in [-0.2, -0.15) is 0 Å². The van der Waals surface area contributed by atoms with E-state index in [0.717, 1.165) is 55.3 Å². The maximum absolute atomic E-state index is 12.8. The molecule has 0 radical (unpaired) electrons. The predicted molar refractivity (Wildman–Crippen MR) is 119 cm³/mol. The molecule has 0 amide bonds. The molecule has 0 N–H and O–H groups in total. The quantitative estimate of drug-likeness (QED) is 0.460. The number of halogens is 1. The molecule has 0 unspecified atom stereocenters. The van der Waals surface area contributed by atoms with Crippen LogP contribution < -0.4 is 10.2 Å². The molecule has 6 nitrogen and oxygen atoms in total. The lowest BCUT2D eigenvalue weighted by atomic mass is 9.81. The van der Waals surface area contributed by atoms with Gasteiger partial charge >= 0.3 is 5.97 Å². The molecule has 0 bridgehead atoms. The van der Waals surface area contributed by atoms with Crippen LogP contribution in [-0.4, -0.2) is 37.5 Å². The second-order valence-corrected chi connectivity index (χ2v) is 8.68. The fraction of sp³-hybridized carbons (Fsp3) is 0.500. The van der Waals surface area contributed by atoms with E-state index in [9.17, 15) is 9.59 Å². The first-order valence-corrected chi connectivity index (χ1v) is 11.3. The van der Waals surface area contributed by atoms with E-state index in [1.54, 1.807) is 26.3 Å². The molecule has 2 heterocycles. The smallest absolute Gasteiger partial charge is 0.343 e. The lowest BCUT2D eigenvalue weighted by Crippen LogP contribution is -2.39. The highest BCUT2D eigenvalue weighted by molar-refractivity contribution is 6.32. The van der Waals surface area contributed by atoms with E-state index in [1.807, 2.05) is 12.1 Å².